The molecule has 0 aliphatic heterocycles. The van der Waals surface area contributed by atoms with Gasteiger partial charge >= 0.3 is 12.1 Å². The van der Waals surface area contributed by atoms with Crippen LogP contribution in [0.2, 0.25) is 0 Å². The number of alkyl halides is 3. The Morgan fingerprint density at radius 2 is 1.72 bits per heavy atom. The standard InChI is InChI=1S/C28H25F3N4O4/c29-28(30,31)20-8-4-7-19(13-20)26-25(18-9-11-33-23(32)14-18)34-27(17-5-2-1-3-6-17)35(26)12-10-21(36)15-22(37)16-24(38)39/h1-14,21-22,36-37H,15-16H2,(H2,32,33)(H,38,39)/b12-10+/t21-,22-/m1/s1. The van der Waals surface area contributed by atoms with Crippen molar-refractivity contribution in [3.8, 4) is 33.9 Å². The average Bonchev–Trinajstić information content (AvgIpc) is 3.26. The van der Waals surface area contributed by atoms with Crippen LogP contribution in [0.15, 0.2) is 79.0 Å². The lowest BCUT2D eigenvalue weighted by molar-refractivity contribution is -0.139. The fraction of sp³-hybridized carbons (Fsp3) is 0.179. The third-order valence-corrected chi connectivity index (χ3v) is 5.84. The molecule has 5 N–H and O–H groups in total. The van der Waals surface area contributed by atoms with E-state index in [9.17, 15) is 28.2 Å². The van der Waals surface area contributed by atoms with Gasteiger partial charge in [-0.3, -0.25) is 9.36 Å². The van der Waals surface area contributed by atoms with Gasteiger partial charge in [0, 0.05) is 35.5 Å². The minimum Gasteiger partial charge on any atom is -0.481 e. The number of halogens is 3. The SMILES string of the molecule is Nc1cc(-c2nc(-c3ccccc3)n(/C=C/[C@@H](O)C[C@@H](O)CC(=O)O)c2-c2cccc(C(F)(F)F)c2)ccn1. The van der Waals surface area contributed by atoms with Crippen LogP contribution in [-0.2, 0) is 11.0 Å². The number of aromatic nitrogens is 3. The second-order valence-corrected chi connectivity index (χ2v) is 8.81. The number of carboxylic acids is 1. The fourth-order valence-electron chi connectivity index (χ4n) is 4.11. The van der Waals surface area contributed by atoms with Gasteiger partial charge in [0.2, 0.25) is 0 Å². The van der Waals surface area contributed by atoms with Gasteiger partial charge in [-0.15, -0.1) is 0 Å². The quantitative estimate of drug-likeness (QED) is 0.237. The predicted octanol–water partition coefficient (Wildman–Crippen LogP) is 4.94. The molecule has 0 spiro atoms. The fourth-order valence-corrected chi connectivity index (χ4v) is 4.11. The molecule has 39 heavy (non-hydrogen) atoms. The van der Waals surface area contributed by atoms with Gasteiger partial charge < -0.3 is 21.1 Å². The average molecular weight is 539 g/mol. The van der Waals surface area contributed by atoms with Gasteiger partial charge in [0.25, 0.3) is 0 Å². The first-order chi connectivity index (χ1) is 18.5. The monoisotopic (exact) mass is 538 g/mol. The number of pyridine rings is 1. The molecular weight excluding hydrogens is 513 g/mol. The highest BCUT2D eigenvalue weighted by molar-refractivity contribution is 5.85. The lowest BCUT2D eigenvalue weighted by Gasteiger charge is -2.14. The van der Waals surface area contributed by atoms with Crippen molar-refractivity contribution in [2.75, 3.05) is 5.73 Å². The number of aliphatic hydroxyl groups is 2. The summed E-state index contributed by atoms with van der Waals surface area (Å²) in [5.41, 5.74) is 7.02. The molecule has 2 atom stereocenters. The van der Waals surface area contributed by atoms with Gasteiger partial charge in [0.15, 0.2) is 0 Å². The predicted molar refractivity (Wildman–Crippen MR) is 140 cm³/mol. The van der Waals surface area contributed by atoms with Crippen LogP contribution in [0, 0.1) is 0 Å². The number of benzene rings is 2. The second-order valence-electron chi connectivity index (χ2n) is 8.81. The highest BCUT2D eigenvalue weighted by atomic mass is 19.4. The molecule has 0 bridgehead atoms. The molecule has 0 radical (unpaired) electrons. The van der Waals surface area contributed by atoms with Crippen molar-refractivity contribution in [1.82, 2.24) is 14.5 Å². The van der Waals surface area contributed by atoms with Crippen molar-refractivity contribution in [2.24, 2.45) is 0 Å². The molecule has 202 valence electrons. The molecule has 2 aromatic heterocycles. The van der Waals surface area contributed by atoms with E-state index in [1.54, 1.807) is 47.0 Å². The van der Waals surface area contributed by atoms with Crippen molar-refractivity contribution in [3.63, 3.8) is 0 Å². The number of hydrogen-bond donors (Lipinski definition) is 4. The Morgan fingerprint density at radius 3 is 2.38 bits per heavy atom. The summed E-state index contributed by atoms with van der Waals surface area (Å²) >= 11 is 0. The molecule has 4 rings (SSSR count). The van der Waals surface area contributed by atoms with Gasteiger partial charge in [-0.2, -0.15) is 13.2 Å². The number of carboxylic acid groups (broad SMARTS) is 1. The molecular formula is C28H25F3N4O4. The van der Waals surface area contributed by atoms with Crippen LogP contribution in [0.5, 0.6) is 0 Å². The van der Waals surface area contributed by atoms with Gasteiger partial charge in [-0.1, -0.05) is 42.5 Å². The lowest BCUT2D eigenvalue weighted by Crippen LogP contribution is -2.19. The zero-order valence-corrected chi connectivity index (χ0v) is 20.5. The Morgan fingerprint density at radius 1 is 1.00 bits per heavy atom. The van der Waals surface area contributed by atoms with Gasteiger partial charge in [0.05, 0.1) is 35.6 Å². The first-order valence-electron chi connectivity index (χ1n) is 11.9. The molecule has 0 aliphatic carbocycles. The number of imidazole rings is 1. The van der Waals surface area contributed by atoms with Gasteiger partial charge in [-0.05, 0) is 30.3 Å². The highest BCUT2D eigenvalue weighted by Gasteiger charge is 2.31. The number of aliphatic carboxylic acids is 1. The van der Waals surface area contributed by atoms with E-state index in [1.807, 2.05) is 0 Å². The van der Waals surface area contributed by atoms with Crippen molar-refractivity contribution < 1.29 is 33.3 Å². The van der Waals surface area contributed by atoms with E-state index in [0.717, 1.165) is 12.1 Å². The number of aliphatic hydroxyl groups excluding tert-OH is 2. The number of nitrogen functional groups attached to an aromatic ring is 1. The summed E-state index contributed by atoms with van der Waals surface area (Å²) in [7, 11) is 0. The van der Waals surface area contributed by atoms with Gasteiger partial charge in [-0.25, -0.2) is 9.97 Å². The topological polar surface area (TPSA) is 134 Å². The van der Waals surface area contributed by atoms with Crippen LogP contribution in [0.1, 0.15) is 18.4 Å². The number of anilines is 1. The van der Waals surface area contributed by atoms with Crippen LogP contribution >= 0.6 is 0 Å². The second kappa shape index (κ2) is 11.5. The largest absolute Gasteiger partial charge is 0.481 e. The first kappa shape index (κ1) is 27.6. The molecule has 4 aromatic rings. The Kier molecular flexibility index (Phi) is 8.12. The summed E-state index contributed by atoms with van der Waals surface area (Å²) < 4.78 is 42.5. The summed E-state index contributed by atoms with van der Waals surface area (Å²) in [5.74, 6) is -0.660. The summed E-state index contributed by atoms with van der Waals surface area (Å²) in [6.07, 6.45) is -3.71. The molecule has 0 aliphatic rings. The molecule has 0 saturated carbocycles. The van der Waals surface area contributed by atoms with E-state index in [1.165, 1.54) is 30.6 Å². The van der Waals surface area contributed by atoms with E-state index in [2.05, 4.69) is 4.98 Å². The van der Waals surface area contributed by atoms with Crippen molar-refractivity contribution >= 4 is 18.0 Å². The van der Waals surface area contributed by atoms with E-state index >= 15 is 0 Å². The smallest absolute Gasteiger partial charge is 0.416 e. The lowest BCUT2D eigenvalue weighted by atomic mass is 10.0. The maximum atomic E-state index is 13.6. The number of carbonyl (C=O) groups is 1. The number of nitrogens with zero attached hydrogens (tertiary/aromatic N) is 3. The van der Waals surface area contributed by atoms with Crippen LogP contribution in [-0.4, -0.2) is 48.0 Å². The maximum Gasteiger partial charge on any atom is 0.416 e. The van der Waals surface area contributed by atoms with Crippen LogP contribution in [0.25, 0.3) is 40.1 Å². The van der Waals surface area contributed by atoms with Crippen molar-refractivity contribution in [3.05, 3.63) is 84.6 Å². The van der Waals surface area contributed by atoms with E-state index < -0.39 is 36.3 Å². The molecule has 0 fully saturated rings. The first-order valence-corrected chi connectivity index (χ1v) is 11.9. The zero-order chi connectivity index (χ0) is 28.2. The number of rotatable bonds is 9. The molecule has 2 aromatic carbocycles. The summed E-state index contributed by atoms with van der Waals surface area (Å²) in [6.45, 7) is 0. The van der Waals surface area contributed by atoms with E-state index in [-0.39, 0.29) is 17.8 Å². The molecule has 8 nitrogen and oxygen atoms in total. The third-order valence-electron chi connectivity index (χ3n) is 5.84. The van der Waals surface area contributed by atoms with Crippen LogP contribution in [0.3, 0.4) is 0 Å². The summed E-state index contributed by atoms with van der Waals surface area (Å²) in [4.78, 5) is 19.6. The van der Waals surface area contributed by atoms with Crippen molar-refractivity contribution in [1.29, 1.82) is 0 Å². The minimum absolute atomic E-state index is 0.191. The summed E-state index contributed by atoms with van der Waals surface area (Å²) in [5, 5.41) is 29.3. The number of nitrogens with two attached hydrogens (primary N) is 1. The molecule has 0 unspecified atom stereocenters. The van der Waals surface area contributed by atoms with Crippen molar-refractivity contribution in [2.45, 2.75) is 31.2 Å². The Bertz CT molecular complexity index is 1490. The molecule has 0 amide bonds. The Balaban J connectivity index is 1.93. The van der Waals surface area contributed by atoms with Crippen LogP contribution in [0.4, 0.5) is 19.0 Å². The molecule has 11 heteroatoms. The third kappa shape index (κ3) is 6.70. The maximum absolute atomic E-state index is 13.6. The summed E-state index contributed by atoms with van der Waals surface area (Å²) in [6, 6.07) is 16.9. The zero-order valence-electron chi connectivity index (χ0n) is 20.5. The molecule has 0 saturated heterocycles. The molecule has 2 heterocycles. The van der Waals surface area contributed by atoms with Crippen LogP contribution < -0.4 is 5.73 Å². The minimum atomic E-state index is -4.59. The number of hydrogen-bond acceptors (Lipinski definition) is 6. The highest BCUT2D eigenvalue weighted by Crippen LogP contribution is 2.39. The Hall–Kier alpha value is -4.48. The van der Waals surface area contributed by atoms with E-state index in [0.29, 0.717) is 28.3 Å². The van der Waals surface area contributed by atoms with E-state index in [4.69, 9.17) is 15.8 Å². The Labute approximate surface area is 221 Å². The normalized spacial score (nSPS) is 13.5. The van der Waals surface area contributed by atoms with Gasteiger partial charge in [0.1, 0.15) is 11.6 Å².